The molecule has 0 aromatic carbocycles. The largest absolute Gasteiger partial charge is 0.367 e. The molecule has 2 aromatic heterocycles. The monoisotopic (exact) mass is 394 g/mol. The van der Waals surface area contributed by atoms with Crippen molar-refractivity contribution in [3.63, 3.8) is 0 Å². The molecular weight excluding hydrogens is 375 g/mol. The summed E-state index contributed by atoms with van der Waals surface area (Å²) < 4.78 is 14.7. The summed E-state index contributed by atoms with van der Waals surface area (Å²) in [6, 6.07) is 3.70. The number of hydrogen-bond donors (Lipinski definition) is 1. The third-order valence-corrected chi connectivity index (χ3v) is 4.48. The van der Waals surface area contributed by atoms with E-state index < -0.39 is 0 Å². The van der Waals surface area contributed by atoms with Crippen molar-refractivity contribution in [2.45, 2.75) is 18.9 Å². The number of pyridine rings is 1. The fourth-order valence-electron chi connectivity index (χ4n) is 2.76. The molecule has 24 heavy (non-hydrogen) atoms. The number of nitrogens with one attached hydrogen (secondary N) is 1. The van der Waals surface area contributed by atoms with Crippen LogP contribution in [-0.2, 0) is 0 Å². The highest BCUT2D eigenvalue weighted by atomic mass is 79.9. The molecule has 1 N–H and O–H groups in total. The molecule has 1 fully saturated rings. The summed E-state index contributed by atoms with van der Waals surface area (Å²) in [5.74, 6) is 1.82. The van der Waals surface area contributed by atoms with Crippen LogP contribution in [0.25, 0.3) is 0 Å². The van der Waals surface area contributed by atoms with E-state index in [-0.39, 0.29) is 5.82 Å². The molecule has 3 rings (SSSR count). The number of halogens is 2. The van der Waals surface area contributed by atoms with E-state index in [1.54, 1.807) is 12.5 Å². The molecule has 0 saturated carbocycles. The molecule has 2 aromatic rings. The van der Waals surface area contributed by atoms with Crippen LogP contribution in [0.5, 0.6) is 0 Å². The van der Waals surface area contributed by atoms with Crippen molar-refractivity contribution in [3.05, 3.63) is 34.9 Å². The predicted molar refractivity (Wildman–Crippen MR) is 97.1 cm³/mol. The SMILES string of the molecule is CN(C)c1cc(NC2CCN(c3ncc(Br)cc3F)CC2)ncn1. The zero-order chi connectivity index (χ0) is 17.1. The van der Waals surface area contributed by atoms with Gasteiger partial charge in [0.2, 0.25) is 0 Å². The van der Waals surface area contributed by atoms with E-state index in [1.165, 1.54) is 6.07 Å². The van der Waals surface area contributed by atoms with Crippen molar-refractivity contribution < 1.29 is 4.39 Å². The molecule has 1 aliphatic rings. The van der Waals surface area contributed by atoms with E-state index in [1.807, 2.05) is 30.0 Å². The van der Waals surface area contributed by atoms with Gasteiger partial charge in [-0.15, -0.1) is 0 Å². The first-order valence-corrected chi connectivity index (χ1v) is 8.64. The maximum atomic E-state index is 14.0. The summed E-state index contributed by atoms with van der Waals surface area (Å²) in [5.41, 5.74) is 0. The second-order valence-electron chi connectivity index (χ2n) is 6.02. The van der Waals surface area contributed by atoms with Gasteiger partial charge < -0.3 is 15.1 Å². The minimum absolute atomic E-state index is 0.290. The van der Waals surface area contributed by atoms with E-state index in [9.17, 15) is 4.39 Å². The Labute approximate surface area is 149 Å². The molecule has 0 spiro atoms. The van der Waals surface area contributed by atoms with E-state index in [0.717, 1.165) is 37.6 Å². The standard InChI is InChI=1S/C16H20BrFN6/c1-23(2)15-8-14(20-10-21-15)22-12-3-5-24(6-4-12)16-13(18)7-11(17)9-19-16/h7-10,12H,3-6H2,1-2H3,(H,20,21,22). The lowest BCUT2D eigenvalue weighted by molar-refractivity contribution is 0.510. The first-order chi connectivity index (χ1) is 11.5. The summed E-state index contributed by atoms with van der Waals surface area (Å²) in [6.45, 7) is 1.52. The fraction of sp³-hybridized carbons (Fsp3) is 0.438. The number of piperidine rings is 1. The van der Waals surface area contributed by atoms with Gasteiger partial charge in [0.15, 0.2) is 11.6 Å². The lowest BCUT2D eigenvalue weighted by Gasteiger charge is -2.33. The fourth-order valence-corrected chi connectivity index (χ4v) is 3.06. The second kappa shape index (κ2) is 7.29. The van der Waals surface area contributed by atoms with Crippen molar-refractivity contribution in [2.24, 2.45) is 0 Å². The van der Waals surface area contributed by atoms with Gasteiger partial charge in [0.05, 0.1) is 0 Å². The zero-order valence-electron chi connectivity index (χ0n) is 13.7. The molecule has 1 saturated heterocycles. The molecule has 0 radical (unpaired) electrons. The van der Waals surface area contributed by atoms with Gasteiger partial charge in [-0.05, 0) is 34.8 Å². The molecule has 0 bridgehead atoms. The van der Waals surface area contributed by atoms with Gasteiger partial charge in [0, 0.05) is 50.0 Å². The van der Waals surface area contributed by atoms with Crippen molar-refractivity contribution in [2.75, 3.05) is 42.3 Å². The summed E-state index contributed by atoms with van der Waals surface area (Å²) in [7, 11) is 3.90. The molecular formula is C16H20BrFN6. The van der Waals surface area contributed by atoms with Crippen LogP contribution in [0.2, 0.25) is 0 Å². The maximum Gasteiger partial charge on any atom is 0.166 e. The van der Waals surface area contributed by atoms with Gasteiger partial charge in [-0.2, -0.15) is 0 Å². The Kier molecular flexibility index (Phi) is 5.13. The van der Waals surface area contributed by atoms with E-state index in [4.69, 9.17) is 0 Å². The molecule has 0 aliphatic carbocycles. The first kappa shape index (κ1) is 16.9. The second-order valence-corrected chi connectivity index (χ2v) is 6.94. The van der Waals surface area contributed by atoms with Crippen LogP contribution in [0.15, 0.2) is 29.1 Å². The maximum absolute atomic E-state index is 14.0. The van der Waals surface area contributed by atoms with Gasteiger partial charge in [-0.1, -0.05) is 0 Å². The quantitative estimate of drug-likeness (QED) is 0.859. The number of hydrogen-bond acceptors (Lipinski definition) is 6. The highest BCUT2D eigenvalue weighted by molar-refractivity contribution is 9.10. The van der Waals surface area contributed by atoms with Crippen LogP contribution in [0.1, 0.15) is 12.8 Å². The lowest BCUT2D eigenvalue weighted by atomic mass is 10.0. The Morgan fingerprint density at radius 1 is 1.21 bits per heavy atom. The molecule has 1 aliphatic heterocycles. The highest BCUT2D eigenvalue weighted by Crippen LogP contribution is 2.24. The van der Waals surface area contributed by atoms with Crippen LogP contribution >= 0.6 is 15.9 Å². The minimum Gasteiger partial charge on any atom is -0.367 e. The third kappa shape index (κ3) is 3.92. The van der Waals surface area contributed by atoms with Crippen LogP contribution in [0.3, 0.4) is 0 Å². The number of anilines is 3. The summed E-state index contributed by atoms with van der Waals surface area (Å²) in [5, 5.41) is 3.45. The first-order valence-electron chi connectivity index (χ1n) is 7.85. The normalized spacial score (nSPS) is 15.4. The summed E-state index contributed by atoms with van der Waals surface area (Å²) in [6.07, 6.45) is 5.00. The van der Waals surface area contributed by atoms with Crippen molar-refractivity contribution in [1.82, 2.24) is 15.0 Å². The third-order valence-electron chi connectivity index (χ3n) is 4.05. The van der Waals surface area contributed by atoms with Gasteiger partial charge in [0.1, 0.15) is 18.0 Å². The Morgan fingerprint density at radius 2 is 1.96 bits per heavy atom. The van der Waals surface area contributed by atoms with Crippen molar-refractivity contribution >= 4 is 33.4 Å². The van der Waals surface area contributed by atoms with E-state index in [2.05, 4.69) is 36.2 Å². The van der Waals surface area contributed by atoms with Gasteiger partial charge in [-0.3, -0.25) is 0 Å². The van der Waals surface area contributed by atoms with E-state index in [0.29, 0.717) is 16.3 Å². The van der Waals surface area contributed by atoms with Gasteiger partial charge in [0.25, 0.3) is 0 Å². The van der Waals surface area contributed by atoms with Crippen LogP contribution in [0, 0.1) is 5.82 Å². The molecule has 3 heterocycles. The Balaban J connectivity index is 1.60. The predicted octanol–water partition coefficient (Wildman–Crippen LogP) is 2.92. The average molecular weight is 395 g/mol. The molecule has 0 unspecified atom stereocenters. The number of aromatic nitrogens is 3. The number of rotatable bonds is 4. The van der Waals surface area contributed by atoms with Crippen LogP contribution in [0.4, 0.5) is 21.8 Å². The molecule has 8 heteroatoms. The highest BCUT2D eigenvalue weighted by Gasteiger charge is 2.22. The van der Waals surface area contributed by atoms with Gasteiger partial charge in [-0.25, -0.2) is 19.3 Å². The summed E-state index contributed by atoms with van der Waals surface area (Å²) >= 11 is 3.24. The molecule has 0 atom stereocenters. The van der Waals surface area contributed by atoms with Gasteiger partial charge >= 0.3 is 0 Å². The smallest absolute Gasteiger partial charge is 0.166 e. The Hall–Kier alpha value is -1.96. The topological polar surface area (TPSA) is 57.2 Å². The summed E-state index contributed by atoms with van der Waals surface area (Å²) in [4.78, 5) is 16.6. The van der Waals surface area contributed by atoms with Crippen molar-refractivity contribution in [1.29, 1.82) is 0 Å². The van der Waals surface area contributed by atoms with Crippen molar-refractivity contribution in [3.8, 4) is 0 Å². The van der Waals surface area contributed by atoms with E-state index >= 15 is 0 Å². The minimum atomic E-state index is -0.290. The van der Waals surface area contributed by atoms with Crippen LogP contribution < -0.4 is 15.1 Å². The zero-order valence-corrected chi connectivity index (χ0v) is 15.3. The Bertz CT molecular complexity index is 703. The molecule has 0 amide bonds. The lowest BCUT2D eigenvalue weighted by Crippen LogP contribution is -2.40. The van der Waals surface area contributed by atoms with Crippen LogP contribution in [-0.4, -0.2) is 48.2 Å². The molecule has 6 nitrogen and oxygen atoms in total. The number of nitrogens with zero attached hydrogens (tertiary/aromatic N) is 5. The average Bonchev–Trinajstić information content (AvgIpc) is 2.56. The Morgan fingerprint density at radius 3 is 2.62 bits per heavy atom. The molecule has 128 valence electrons.